The number of amides is 1. The third-order valence-electron chi connectivity index (χ3n) is 2.27. The summed E-state index contributed by atoms with van der Waals surface area (Å²) in [7, 11) is 1.70. The van der Waals surface area contributed by atoms with Gasteiger partial charge >= 0.3 is 0 Å². The smallest absolute Gasteiger partial charge is 0.289 e. The summed E-state index contributed by atoms with van der Waals surface area (Å²) in [5.41, 5.74) is 0.959. The van der Waals surface area contributed by atoms with Gasteiger partial charge < -0.3 is 9.32 Å². The van der Waals surface area contributed by atoms with Crippen LogP contribution in [0.25, 0.3) is 0 Å². The van der Waals surface area contributed by atoms with Crippen LogP contribution in [0.15, 0.2) is 41.1 Å². The van der Waals surface area contributed by atoms with E-state index in [2.05, 4.69) is 4.98 Å². The number of halogens is 1. The summed E-state index contributed by atoms with van der Waals surface area (Å²) in [5, 5.41) is 0.211. The van der Waals surface area contributed by atoms with Crippen LogP contribution in [-0.4, -0.2) is 22.8 Å². The molecule has 4 nitrogen and oxygen atoms in total. The average Bonchev–Trinajstić information content (AvgIpc) is 2.76. The van der Waals surface area contributed by atoms with Gasteiger partial charge in [0.25, 0.3) is 5.91 Å². The number of nitrogens with zero attached hydrogens (tertiary/aromatic N) is 2. The third kappa shape index (κ3) is 2.85. The minimum absolute atomic E-state index is 0.208. The summed E-state index contributed by atoms with van der Waals surface area (Å²) < 4.78 is 5.06. The van der Waals surface area contributed by atoms with E-state index in [0.29, 0.717) is 6.54 Å². The van der Waals surface area contributed by atoms with Crippen molar-refractivity contribution in [3.63, 3.8) is 0 Å². The zero-order valence-electron chi connectivity index (χ0n) is 9.26. The van der Waals surface area contributed by atoms with E-state index in [1.54, 1.807) is 36.5 Å². The molecule has 0 spiro atoms. The molecular formula is C12H11ClN2O2. The fourth-order valence-electron chi connectivity index (χ4n) is 1.45. The van der Waals surface area contributed by atoms with Crippen molar-refractivity contribution in [2.24, 2.45) is 0 Å². The molecule has 0 aliphatic carbocycles. The standard InChI is InChI=1S/C12H11ClN2O2/c1-15(8-9-3-2-6-14-7-9)12(16)10-4-5-11(13)17-10/h2-7H,8H2,1H3. The van der Waals surface area contributed by atoms with Crippen molar-refractivity contribution in [2.75, 3.05) is 7.05 Å². The zero-order chi connectivity index (χ0) is 12.3. The molecule has 88 valence electrons. The van der Waals surface area contributed by atoms with E-state index >= 15 is 0 Å². The average molecular weight is 251 g/mol. The molecule has 0 bridgehead atoms. The molecule has 0 aliphatic heterocycles. The minimum Gasteiger partial charge on any atom is -0.440 e. The van der Waals surface area contributed by atoms with Crippen molar-refractivity contribution in [1.29, 1.82) is 0 Å². The molecule has 0 aromatic carbocycles. The van der Waals surface area contributed by atoms with Crippen LogP contribution in [0.1, 0.15) is 16.1 Å². The number of carbonyl (C=O) groups is 1. The van der Waals surface area contributed by atoms with Gasteiger partial charge in [-0.2, -0.15) is 0 Å². The van der Waals surface area contributed by atoms with Crippen molar-refractivity contribution in [3.8, 4) is 0 Å². The predicted molar refractivity (Wildman–Crippen MR) is 63.8 cm³/mol. The predicted octanol–water partition coefficient (Wildman–Crippen LogP) is 2.60. The normalized spacial score (nSPS) is 10.2. The van der Waals surface area contributed by atoms with E-state index in [1.165, 1.54) is 0 Å². The largest absolute Gasteiger partial charge is 0.440 e. The molecule has 0 aliphatic rings. The van der Waals surface area contributed by atoms with Gasteiger partial charge in [0.1, 0.15) is 0 Å². The first-order valence-electron chi connectivity index (χ1n) is 5.06. The lowest BCUT2D eigenvalue weighted by molar-refractivity contribution is 0.0753. The molecule has 17 heavy (non-hydrogen) atoms. The molecule has 0 unspecified atom stereocenters. The Hall–Kier alpha value is -1.81. The van der Waals surface area contributed by atoms with Crippen molar-refractivity contribution in [3.05, 3.63) is 53.2 Å². The highest BCUT2D eigenvalue weighted by molar-refractivity contribution is 6.29. The Balaban J connectivity index is 2.06. The summed E-state index contributed by atoms with van der Waals surface area (Å²) in [6.07, 6.45) is 3.41. The lowest BCUT2D eigenvalue weighted by atomic mass is 10.2. The highest BCUT2D eigenvalue weighted by Crippen LogP contribution is 2.15. The molecule has 0 radical (unpaired) electrons. The Bertz CT molecular complexity index is 510. The van der Waals surface area contributed by atoms with E-state index in [4.69, 9.17) is 16.0 Å². The second kappa shape index (κ2) is 5.01. The molecular weight excluding hydrogens is 240 g/mol. The number of hydrogen-bond donors (Lipinski definition) is 0. The first-order chi connectivity index (χ1) is 8.16. The van der Waals surface area contributed by atoms with Crippen molar-refractivity contribution >= 4 is 17.5 Å². The van der Waals surface area contributed by atoms with Gasteiger partial charge in [0.05, 0.1) is 0 Å². The molecule has 0 fully saturated rings. The molecule has 1 amide bonds. The SMILES string of the molecule is CN(Cc1cccnc1)C(=O)c1ccc(Cl)o1. The van der Waals surface area contributed by atoms with Gasteiger partial charge in [0.2, 0.25) is 0 Å². The highest BCUT2D eigenvalue weighted by atomic mass is 35.5. The summed E-state index contributed by atoms with van der Waals surface area (Å²) >= 11 is 5.62. The topological polar surface area (TPSA) is 46.3 Å². The van der Waals surface area contributed by atoms with Gasteiger partial charge in [0.15, 0.2) is 11.0 Å². The first-order valence-corrected chi connectivity index (χ1v) is 5.44. The number of rotatable bonds is 3. The van der Waals surface area contributed by atoms with Crippen LogP contribution in [-0.2, 0) is 6.54 Å². The third-order valence-corrected chi connectivity index (χ3v) is 2.48. The van der Waals surface area contributed by atoms with Gasteiger partial charge in [-0.15, -0.1) is 0 Å². The molecule has 2 aromatic heterocycles. The first kappa shape index (κ1) is 11.7. The Morgan fingerprint density at radius 3 is 2.88 bits per heavy atom. The van der Waals surface area contributed by atoms with Gasteiger partial charge in [-0.3, -0.25) is 9.78 Å². The van der Waals surface area contributed by atoms with E-state index in [-0.39, 0.29) is 16.9 Å². The molecule has 0 saturated carbocycles. The molecule has 2 rings (SSSR count). The molecule has 5 heteroatoms. The molecule has 0 N–H and O–H groups in total. The Labute approximate surface area is 104 Å². The summed E-state index contributed by atoms with van der Waals surface area (Å²) in [6.45, 7) is 0.477. The number of aromatic nitrogens is 1. The Kier molecular flexibility index (Phi) is 3.44. The van der Waals surface area contributed by atoms with Crippen molar-refractivity contribution in [1.82, 2.24) is 9.88 Å². The van der Waals surface area contributed by atoms with Crippen LogP contribution in [0.5, 0.6) is 0 Å². The second-order valence-corrected chi connectivity index (χ2v) is 4.00. The van der Waals surface area contributed by atoms with Gasteiger partial charge in [-0.1, -0.05) is 6.07 Å². The van der Waals surface area contributed by atoms with E-state index < -0.39 is 0 Å². The van der Waals surface area contributed by atoms with Gasteiger partial charge in [0, 0.05) is 26.0 Å². The zero-order valence-corrected chi connectivity index (χ0v) is 10.0. The van der Waals surface area contributed by atoms with Crippen molar-refractivity contribution in [2.45, 2.75) is 6.54 Å². The Morgan fingerprint density at radius 2 is 2.29 bits per heavy atom. The lowest BCUT2D eigenvalue weighted by Gasteiger charge is -2.15. The highest BCUT2D eigenvalue weighted by Gasteiger charge is 2.15. The maximum absolute atomic E-state index is 11.9. The van der Waals surface area contributed by atoms with Crippen LogP contribution >= 0.6 is 11.6 Å². The minimum atomic E-state index is -0.208. The number of hydrogen-bond acceptors (Lipinski definition) is 3. The fraction of sp³-hybridized carbons (Fsp3) is 0.167. The van der Waals surface area contributed by atoms with Crippen molar-refractivity contribution < 1.29 is 9.21 Å². The van der Waals surface area contributed by atoms with E-state index in [9.17, 15) is 4.79 Å². The second-order valence-electron chi connectivity index (χ2n) is 3.63. The quantitative estimate of drug-likeness (QED) is 0.841. The maximum Gasteiger partial charge on any atom is 0.289 e. The lowest BCUT2D eigenvalue weighted by Crippen LogP contribution is -2.25. The van der Waals surface area contributed by atoms with Gasteiger partial charge in [-0.05, 0) is 35.4 Å². The summed E-state index contributed by atoms with van der Waals surface area (Å²) in [5.74, 6) is 0.0298. The molecule has 0 saturated heterocycles. The summed E-state index contributed by atoms with van der Waals surface area (Å²) in [4.78, 5) is 17.5. The van der Waals surface area contributed by atoms with Crippen LogP contribution in [0.3, 0.4) is 0 Å². The maximum atomic E-state index is 11.9. The number of furan rings is 1. The molecule has 2 heterocycles. The van der Waals surface area contributed by atoms with Crippen LogP contribution in [0.4, 0.5) is 0 Å². The molecule has 2 aromatic rings. The number of pyridine rings is 1. The van der Waals surface area contributed by atoms with Crippen LogP contribution in [0.2, 0.25) is 5.22 Å². The van der Waals surface area contributed by atoms with E-state index in [1.807, 2.05) is 12.1 Å². The Morgan fingerprint density at radius 1 is 1.47 bits per heavy atom. The summed E-state index contributed by atoms with van der Waals surface area (Å²) in [6, 6.07) is 6.85. The van der Waals surface area contributed by atoms with Crippen LogP contribution in [0, 0.1) is 0 Å². The van der Waals surface area contributed by atoms with E-state index in [0.717, 1.165) is 5.56 Å². The fourth-order valence-corrected chi connectivity index (χ4v) is 1.60. The van der Waals surface area contributed by atoms with Crippen LogP contribution < -0.4 is 0 Å². The molecule has 0 atom stereocenters. The van der Waals surface area contributed by atoms with Gasteiger partial charge in [-0.25, -0.2) is 0 Å². The monoisotopic (exact) mass is 250 g/mol. The number of carbonyl (C=O) groups excluding carboxylic acids is 1.